The topological polar surface area (TPSA) is 39.2 Å². The van der Waals surface area contributed by atoms with Gasteiger partial charge in [-0.05, 0) is 25.3 Å². The van der Waals surface area contributed by atoms with Crippen LogP contribution in [0, 0.1) is 6.92 Å². The fourth-order valence-corrected chi connectivity index (χ4v) is 3.05. The smallest absolute Gasteiger partial charge is 0.305 e. The molecule has 0 aliphatic heterocycles. The summed E-state index contributed by atoms with van der Waals surface area (Å²) in [5.41, 5.74) is 3.47. The summed E-state index contributed by atoms with van der Waals surface area (Å²) in [5, 5.41) is 1.02. The number of ether oxygens (including phenoxy) is 1. The molecule has 0 saturated carbocycles. The number of esters is 1. The maximum atomic E-state index is 11.2. The molecule has 22 heavy (non-hydrogen) atoms. The predicted molar refractivity (Wildman–Crippen MR) is 93.4 cm³/mol. The fourth-order valence-electron chi connectivity index (χ4n) is 1.98. The summed E-state index contributed by atoms with van der Waals surface area (Å²) in [6.45, 7) is 8.14. The zero-order valence-electron chi connectivity index (χ0n) is 14.1. The Bertz CT molecular complexity index is 588. The van der Waals surface area contributed by atoms with Crippen LogP contribution < -0.4 is 0 Å². The third-order valence-electron chi connectivity index (χ3n) is 3.29. The van der Waals surface area contributed by atoms with Crippen molar-refractivity contribution in [2.24, 2.45) is 0 Å². The lowest BCUT2D eigenvalue weighted by atomic mass is 10.1. The van der Waals surface area contributed by atoms with Crippen LogP contribution in [0.2, 0.25) is 0 Å². The van der Waals surface area contributed by atoms with Gasteiger partial charge >= 0.3 is 5.97 Å². The summed E-state index contributed by atoms with van der Waals surface area (Å²) in [7, 11) is 1.42. The van der Waals surface area contributed by atoms with Crippen LogP contribution in [0.1, 0.15) is 43.3 Å². The fraction of sp³-hybridized carbons (Fsp3) is 0.444. The van der Waals surface area contributed by atoms with E-state index < -0.39 is 0 Å². The molecule has 1 aromatic heterocycles. The average molecular weight is 319 g/mol. The maximum absolute atomic E-state index is 11.2. The highest BCUT2D eigenvalue weighted by Gasteiger charge is 2.11. The van der Waals surface area contributed by atoms with Gasteiger partial charge in [-0.15, -0.1) is 11.3 Å². The van der Waals surface area contributed by atoms with Gasteiger partial charge in [-0.2, -0.15) is 0 Å². The first kappa shape index (κ1) is 18.4. The molecular formula is C18H25NO2S. The molecule has 0 atom stereocenters. The molecule has 2 rings (SSSR count). The molecule has 1 heterocycles. The Labute approximate surface area is 137 Å². The molecule has 4 heteroatoms. The van der Waals surface area contributed by atoms with Crippen molar-refractivity contribution < 1.29 is 9.53 Å². The first-order chi connectivity index (χ1) is 10.6. The van der Waals surface area contributed by atoms with Gasteiger partial charge in [-0.3, -0.25) is 4.79 Å². The normalized spacial score (nSPS) is 9.86. The van der Waals surface area contributed by atoms with Crippen molar-refractivity contribution in [3.05, 3.63) is 40.4 Å². The van der Waals surface area contributed by atoms with Crippen molar-refractivity contribution in [2.45, 2.75) is 47.0 Å². The zero-order chi connectivity index (χ0) is 16.5. The van der Waals surface area contributed by atoms with Crippen molar-refractivity contribution in [3.63, 3.8) is 0 Å². The Balaban J connectivity index is 0.00000116. The van der Waals surface area contributed by atoms with Crippen LogP contribution in [-0.2, 0) is 22.4 Å². The third-order valence-corrected chi connectivity index (χ3v) is 4.55. The lowest BCUT2D eigenvalue weighted by Gasteiger charge is -1.99. The highest BCUT2D eigenvalue weighted by molar-refractivity contribution is 7.15. The van der Waals surface area contributed by atoms with Crippen LogP contribution in [0.25, 0.3) is 10.6 Å². The van der Waals surface area contributed by atoms with Crippen LogP contribution in [0.5, 0.6) is 0 Å². The minimum atomic E-state index is -0.174. The number of carbonyl (C=O) groups is 1. The largest absolute Gasteiger partial charge is 0.469 e. The Morgan fingerprint density at radius 1 is 1.23 bits per heavy atom. The molecule has 1 aromatic carbocycles. The minimum Gasteiger partial charge on any atom is -0.469 e. The SMILES string of the molecule is CC.CCc1ccc(-c2nc(C)c(CCC(=O)OC)s2)cc1. The molecule has 0 radical (unpaired) electrons. The van der Waals surface area contributed by atoms with E-state index >= 15 is 0 Å². The summed E-state index contributed by atoms with van der Waals surface area (Å²) in [6, 6.07) is 8.50. The Morgan fingerprint density at radius 2 is 1.86 bits per heavy atom. The number of benzene rings is 1. The van der Waals surface area contributed by atoms with Gasteiger partial charge in [-0.1, -0.05) is 45.0 Å². The van der Waals surface area contributed by atoms with Gasteiger partial charge in [0.1, 0.15) is 5.01 Å². The predicted octanol–water partition coefficient (Wildman–Crippen LogP) is 4.81. The molecule has 0 fully saturated rings. The second-order valence-electron chi connectivity index (χ2n) is 4.65. The van der Waals surface area contributed by atoms with E-state index in [9.17, 15) is 4.79 Å². The molecule has 0 aliphatic rings. The highest BCUT2D eigenvalue weighted by atomic mass is 32.1. The van der Waals surface area contributed by atoms with E-state index in [4.69, 9.17) is 0 Å². The maximum Gasteiger partial charge on any atom is 0.305 e. The molecule has 0 aliphatic carbocycles. The van der Waals surface area contributed by atoms with E-state index in [1.165, 1.54) is 12.7 Å². The number of hydrogen-bond donors (Lipinski definition) is 0. The monoisotopic (exact) mass is 319 g/mol. The van der Waals surface area contributed by atoms with E-state index in [0.29, 0.717) is 12.8 Å². The van der Waals surface area contributed by atoms with Crippen LogP contribution in [-0.4, -0.2) is 18.1 Å². The number of thiazole rings is 1. The Morgan fingerprint density at radius 3 is 2.41 bits per heavy atom. The molecule has 0 unspecified atom stereocenters. The van der Waals surface area contributed by atoms with E-state index in [1.807, 2.05) is 20.8 Å². The molecular weight excluding hydrogens is 294 g/mol. The van der Waals surface area contributed by atoms with Crippen LogP contribution in [0.3, 0.4) is 0 Å². The highest BCUT2D eigenvalue weighted by Crippen LogP contribution is 2.29. The van der Waals surface area contributed by atoms with Gasteiger partial charge in [0.2, 0.25) is 0 Å². The van der Waals surface area contributed by atoms with Gasteiger partial charge < -0.3 is 4.74 Å². The molecule has 2 aromatic rings. The van der Waals surface area contributed by atoms with Gasteiger partial charge in [0, 0.05) is 10.4 Å². The van der Waals surface area contributed by atoms with Crippen LogP contribution >= 0.6 is 11.3 Å². The summed E-state index contributed by atoms with van der Waals surface area (Å²) < 4.78 is 4.67. The summed E-state index contributed by atoms with van der Waals surface area (Å²) in [5.74, 6) is -0.174. The third kappa shape index (κ3) is 4.95. The molecule has 0 amide bonds. The average Bonchev–Trinajstić information content (AvgIpc) is 2.95. The first-order valence-corrected chi connectivity index (χ1v) is 8.58. The Kier molecular flexibility index (Phi) is 7.82. The van der Waals surface area contributed by atoms with Gasteiger partial charge in [0.15, 0.2) is 0 Å². The molecule has 3 nitrogen and oxygen atoms in total. The zero-order valence-corrected chi connectivity index (χ0v) is 14.9. The van der Waals surface area contributed by atoms with Gasteiger partial charge in [0.25, 0.3) is 0 Å². The molecule has 0 bridgehead atoms. The number of aromatic nitrogens is 1. The standard InChI is InChI=1S/C16H19NO2S.C2H6/c1-4-12-5-7-13(8-6-12)16-17-11(2)14(20-16)9-10-15(18)19-3;1-2/h5-8H,4,9-10H2,1-3H3;1-2H3. The van der Waals surface area contributed by atoms with Gasteiger partial charge in [-0.25, -0.2) is 4.98 Å². The lowest BCUT2D eigenvalue weighted by molar-refractivity contribution is -0.140. The van der Waals surface area contributed by atoms with E-state index in [1.54, 1.807) is 11.3 Å². The molecule has 0 spiro atoms. The summed E-state index contributed by atoms with van der Waals surface area (Å²) in [4.78, 5) is 17.0. The van der Waals surface area contributed by atoms with Crippen LogP contribution in [0.15, 0.2) is 24.3 Å². The Hall–Kier alpha value is -1.68. The van der Waals surface area contributed by atoms with E-state index in [2.05, 4.69) is 40.9 Å². The van der Waals surface area contributed by atoms with Crippen molar-refractivity contribution in [2.75, 3.05) is 7.11 Å². The van der Waals surface area contributed by atoms with Crippen molar-refractivity contribution >= 4 is 17.3 Å². The molecule has 0 N–H and O–H groups in total. The molecule has 120 valence electrons. The first-order valence-electron chi connectivity index (χ1n) is 7.76. The lowest BCUT2D eigenvalue weighted by Crippen LogP contribution is -2.01. The minimum absolute atomic E-state index is 0.174. The van der Waals surface area contributed by atoms with Crippen molar-refractivity contribution in [1.82, 2.24) is 4.98 Å². The molecule has 0 saturated heterocycles. The number of aryl methyl sites for hydroxylation is 3. The summed E-state index contributed by atoms with van der Waals surface area (Å²) >= 11 is 1.66. The van der Waals surface area contributed by atoms with Gasteiger partial charge in [0.05, 0.1) is 19.2 Å². The number of carbonyl (C=O) groups excluding carboxylic acids is 1. The second kappa shape index (κ2) is 9.36. The number of nitrogens with zero attached hydrogens (tertiary/aromatic N) is 1. The summed E-state index contributed by atoms with van der Waals surface area (Å²) in [6.07, 6.45) is 2.15. The number of rotatable bonds is 5. The second-order valence-corrected chi connectivity index (χ2v) is 5.74. The van der Waals surface area contributed by atoms with E-state index in [0.717, 1.165) is 27.6 Å². The van der Waals surface area contributed by atoms with Crippen molar-refractivity contribution in [3.8, 4) is 10.6 Å². The quantitative estimate of drug-likeness (QED) is 0.742. The van der Waals surface area contributed by atoms with E-state index in [-0.39, 0.29) is 5.97 Å². The van der Waals surface area contributed by atoms with Crippen LogP contribution in [0.4, 0.5) is 0 Å². The van der Waals surface area contributed by atoms with Crippen molar-refractivity contribution in [1.29, 1.82) is 0 Å². The number of methoxy groups -OCH3 is 1. The number of hydrogen-bond acceptors (Lipinski definition) is 4.